The summed E-state index contributed by atoms with van der Waals surface area (Å²) in [6, 6.07) is 64.0. The Morgan fingerprint density at radius 3 is 0.849 bits per heavy atom. The van der Waals surface area contributed by atoms with Crippen molar-refractivity contribution in [1.29, 1.82) is 0 Å². The number of hydrogen-bond donors (Lipinski definition) is 3. The molecular formula is C79H119N3O4. The summed E-state index contributed by atoms with van der Waals surface area (Å²) in [6.07, 6.45) is 19.1. The van der Waals surface area contributed by atoms with Gasteiger partial charge in [0.1, 0.15) is 23.0 Å². The topological polar surface area (TPSA) is 91.4 Å². The lowest BCUT2D eigenvalue weighted by Crippen LogP contribution is -2.31. The molecule has 7 aromatic rings. The Bertz CT molecular complexity index is 2410. The number of benzene rings is 7. The molecule has 7 heteroatoms. The Morgan fingerprint density at radius 1 is 0.337 bits per heavy atom. The number of phenols is 2. The molecule has 6 saturated carbocycles. The number of nitrogen functional groups attached to an aromatic ring is 1. The molecule has 2 aliphatic heterocycles. The number of nitrogens with two attached hydrogens (primary N) is 1. The highest BCUT2D eigenvalue weighted by Crippen LogP contribution is 2.59. The summed E-state index contributed by atoms with van der Waals surface area (Å²) in [5, 5.41) is 17.3. The molecule has 0 saturated heterocycles. The van der Waals surface area contributed by atoms with Gasteiger partial charge in [-0.2, -0.15) is 0 Å². The van der Waals surface area contributed by atoms with Gasteiger partial charge in [0.05, 0.1) is 0 Å². The zero-order valence-corrected chi connectivity index (χ0v) is 52.7. The summed E-state index contributed by atoms with van der Waals surface area (Å²) in [5.74, 6) is 12.3. The molecule has 2 heterocycles. The van der Waals surface area contributed by atoms with Crippen LogP contribution in [0.5, 0.6) is 23.0 Å². The van der Waals surface area contributed by atoms with Crippen LogP contribution in [0.1, 0.15) is 180 Å². The SMILES string of the molecule is C.C.C.C1CC2C3CCC(C3)C2C1.C1CC2C3CCC(C3)C2C1.CC.CC.CC.CC.CC.Nc1ccccc1.Oc1ccccc1.Oc1ccccc1.c1ccc(N2COc3ccccc3C2)cc1.c1ccc(N2COc3ccccc3C2)cc1. The van der Waals surface area contributed by atoms with Crippen LogP contribution in [0.3, 0.4) is 0 Å². The lowest BCUT2D eigenvalue weighted by molar-refractivity contribution is 0.259. The fraction of sp³-hybridized carbons (Fsp3) is 0.468. The highest BCUT2D eigenvalue weighted by atomic mass is 16.5. The molecule has 474 valence electrons. The molecule has 4 bridgehead atoms. The second kappa shape index (κ2) is 45.5. The predicted octanol–water partition coefficient (Wildman–Crippen LogP) is 22.8. The average Bonchev–Trinajstić information content (AvgIpc) is 1.96. The number of hydrogen-bond acceptors (Lipinski definition) is 7. The molecule has 8 atom stereocenters. The molecule has 0 aromatic heterocycles. The molecule has 4 N–H and O–H groups in total. The number of phenolic OH excluding ortho intramolecular Hbond substituents is 2. The van der Waals surface area contributed by atoms with E-state index in [9.17, 15) is 0 Å². The second-order valence-corrected chi connectivity index (χ2v) is 21.1. The summed E-state index contributed by atoms with van der Waals surface area (Å²) in [6.45, 7) is 23.1. The molecular weight excluding hydrogens is 1050 g/mol. The maximum atomic E-state index is 8.63. The minimum atomic E-state index is 0. The van der Waals surface area contributed by atoms with E-state index in [4.69, 9.17) is 25.4 Å². The van der Waals surface area contributed by atoms with Crippen LogP contribution < -0.4 is 25.0 Å². The number of ether oxygens (including phenoxy) is 2. The van der Waals surface area contributed by atoms with Gasteiger partial charge in [0, 0.05) is 41.3 Å². The summed E-state index contributed by atoms with van der Waals surface area (Å²) in [4.78, 5) is 4.45. The van der Waals surface area contributed by atoms with E-state index in [-0.39, 0.29) is 22.3 Å². The molecule has 0 amide bonds. The van der Waals surface area contributed by atoms with Crippen LogP contribution in [0.4, 0.5) is 17.1 Å². The third kappa shape index (κ3) is 24.5. The molecule has 6 fully saturated rings. The number of fused-ring (bicyclic) bond motifs is 12. The van der Waals surface area contributed by atoms with E-state index >= 15 is 0 Å². The first-order valence-corrected chi connectivity index (χ1v) is 32.2. The highest BCUT2D eigenvalue weighted by Gasteiger charge is 2.49. The number of rotatable bonds is 2. The van der Waals surface area contributed by atoms with Gasteiger partial charge in [0.2, 0.25) is 0 Å². The molecule has 0 spiro atoms. The number of nitrogens with zero attached hydrogens (tertiary/aromatic N) is 2. The van der Waals surface area contributed by atoms with E-state index in [1.807, 2.05) is 148 Å². The first-order chi connectivity index (χ1) is 40.9. The first-order valence-electron chi connectivity index (χ1n) is 32.2. The van der Waals surface area contributed by atoms with E-state index in [0.717, 1.165) is 30.3 Å². The lowest BCUT2D eigenvalue weighted by atomic mass is 9.82. The minimum absolute atomic E-state index is 0. The summed E-state index contributed by atoms with van der Waals surface area (Å²) in [7, 11) is 0. The van der Waals surface area contributed by atoms with Gasteiger partial charge in [-0.3, -0.25) is 0 Å². The summed E-state index contributed by atoms with van der Waals surface area (Å²) < 4.78 is 11.4. The van der Waals surface area contributed by atoms with Gasteiger partial charge in [0.15, 0.2) is 13.5 Å². The van der Waals surface area contributed by atoms with E-state index in [0.29, 0.717) is 25.0 Å². The number of anilines is 3. The third-order valence-electron chi connectivity index (χ3n) is 16.7. The molecule has 8 unspecified atom stereocenters. The monoisotopic (exact) mass is 1170 g/mol. The van der Waals surface area contributed by atoms with Gasteiger partial charge in [-0.15, -0.1) is 0 Å². The van der Waals surface area contributed by atoms with Gasteiger partial charge in [-0.1, -0.05) is 232 Å². The van der Waals surface area contributed by atoms with Gasteiger partial charge >= 0.3 is 0 Å². The third-order valence-corrected chi connectivity index (χ3v) is 16.7. The normalized spacial score (nSPS) is 21.1. The van der Waals surface area contributed by atoms with Crippen LogP contribution in [0.2, 0.25) is 0 Å². The van der Waals surface area contributed by atoms with Crippen molar-refractivity contribution in [2.24, 2.45) is 47.3 Å². The van der Waals surface area contributed by atoms with Gasteiger partial charge in [-0.05, 0) is 184 Å². The van der Waals surface area contributed by atoms with Crippen molar-refractivity contribution in [3.05, 3.63) is 211 Å². The molecule has 86 heavy (non-hydrogen) atoms. The molecule has 7 aromatic carbocycles. The zero-order valence-electron chi connectivity index (χ0n) is 52.7. The number of aromatic hydroxyl groups is 2. The van der Waals surface area contributed by atoms with Crippen LogP contribution in [-0.2, 0) is 13.1 Å². The van der Waals surface area contributed by atoms with Crippen molar-refractivity contribution in [3.8, 4) is 23.0 Å². The first kappa shape index (κ1) is 77.2. The number of para-hydroxylation sites is 7. The van der Waals surface area contributed by atoms with Crippen LogP contribution in [0.15, 0.2) is 200 Å². The Labute approximate surface area is 526 Å². The second-order valence-electron chi connectivity index (χ2n) is 21.1. The van der Waals surface area contributed by atoms with Crippen molar-refractivity contribution in [2.75, 3.05) is 29.0 Å². The average molecular weight is 1170 g/mol. The lowest BCUT2D eigenvalue weighted by Gasteiger charge is -2.30. The van der Waals surface area contributed by atoms with E-state index in [1.165, 1.54) is 69.8 Å². The van der Waals surface area contributed by atoms with E-state index in [2.05, 4.69) is 82.6 Å². The Kier molecular flexibility index (Phi) is 40.8. The van der Waals surface area contributed by atoms with Crippen molar-refractivity contribution in [1.82, 2.24) is 0 Å². The van der Waals surface area contributed by atoms with Crippen LogP contribution in [-0.4, -0.2) is 23.7 Å². The maximum absolute atomic E-state index is 8.63. The highest BCUT2D eigenvalue weighted by molar-refractivity contribution is 5.51. The Hall–Kier alpha value is -6.86. The van der Waals surface area contributed by atoms with Crippen molar-refractivity contribution in [2.45, 2.75) is 182 Å². The maximum Gasteiger partial charge on any atom is 0.161 e. The summed E-state index contributed by atoms with van der Waals surface area (Å²) >= 11 is 0. The van der Waals surface area contributed by atoms with Crippen molar-refractivity contribution in [3.63, 3.8) is 0 Å². The van der Waals surface area contributed by atoms with Gasteiger partial charge < -0.3 is 35.2 Å². The largest absolute Gasteiger partial charge is 0.508 e. The fourth-order valence-corrected chi connectivity index (χ4v) is 13.3. The molecule has 15 rings (SSSR count). The molecule has 0 radical (unpaired) electrons. The zero-order chi connectivity index (χ0) is 60.0. The standard InChI is InChI=1S/2C14H13NO.2C10H16.C6H7N.2C6H6O.5C2H6.3CH4/c2*1-2-7-13(8-3-1)15-10-12-6-4-5-9-14(12)16-11-15;2*1-2-9-7-4-5-8(6-7)10(9)3-1;3*7-6-4-2-1-3-5-6;5*1-2;;;/h2*1-9H,10-11H2;2*7-10H,1-6H2;1-5H,7H2;2*1-5,7H;5*1-2H3;3*1H4. The minimum Gasteiger partial charge on any atom is -0.508 e. The van der Waals surface area contributed by atoms with Crippen molar-refractivity contribution < 1.29 is 19.7 Å². The van der Waals surface area contributed by atoms with Gasteiger partial charge in [0.25, 0.3) is 0 Å². The van der Waals surface area contributed by atoms with Gasteiger partial charge in [-0.25, -0.2) is 0 Å². The molecule has 7 nitrogen and oxygen atoms in total. The Balaban J connectivity index is 0.000000497. The summed E-state index contributed by atoms with van der Waals surface area (Å²) in [5.41, 5.74) is 11.1. The predicted molar refractivity (Wildman–Crippen MR) is 376 cm³/mol. The molecule has 6 aliphatic carbocycles. The van der Waals surface area contributed by atoms with Crippen LogP contribution in [0.25, 0.3) is 0 Å². The van der Waals surface area contributed by atoms with E-state index < -0.39 is 0 Å². The molecule has 8 aliphatic rings. The van der Waals surface area contributed by atoms with Crippen LogP contribution >= 0.6 is 0 Å². The van der Waals surface area contributed by atoms with Crippen molar-refractivity contribution >= 4 is 17.1 Å². The van der Waals surface area contributed by atoms with E-state index in [1.54, 1.807) is 126 Å². The van der Waals surface area contributed by atoms with Crippen LogP contribution in [0, 0.1) is 47.3 Å². The smallest absolute Gasteiger partial charge is 0.161 e. The fourth-order valence-electron chi connectivity index (χ4n) is 13.3. The quantitative estimate of drug-likeness (QED) is 0.149. The Morgan fingerprint density at radius 2 is 0.593 bits per heavy atom.